The zero-order valence-corrected chi connectivity index (χ0v) is 13.0. The molecular weight excluding hydrogens is 276 g/mol. The highest BCUT2D eigenvalue weighted by molar-refractivity contribution is 7.99. The first-order valence-electron chi connectivity index (χ1n) is 7.07. The second-order valence-electron chi connectivity index (χ2n) is 4.82. The predicted octanol–water partition coefficient (Wildman–Crippen LogP) is 5.67. The van der Waals surface area contributed by atoms with Crippen LogP contribution in [0.1, 0.15) is 45.4 Å². The minimum atomic E-state index is 0.742. The van der Waals surface area contributed by atoms with Crippen LogP contribution >= 0.6 is 23.4 Å². The smallest absolute Gasteiger partial charge is 0.166 e. The van der Waals surface area contributed by atoms with E-state index in [1.807, 2.05) is 18.2 Å². The summed E-state index contributed by atoms with van der Waals surface area (Å²) in [5.74, 6) is 1.14. The highest BCUT2D eigenvalue weighted by Gasteiger charge is 2.03. The lowest BCUT2D eigenvalue weighted by Gasteiger charge is -1.99. The van der Waals surface area contributed by atoms with Gasteiger partial charge in [0.15, 0.2) is 5.16 Å². The van der Waals surface area contributed by atoms with E-state index in [0.717, 1.165) is 27.0 Å². The first-order valence-corrected chi connectivity index (χ1v) is 8.44. The summed E-state index contributed by atoms with van der Waals surface area (Å²) in [5.41, 5.74) is 2.02. The number of halogens is 1. The number of fused-ring (bicyclic) bond motifs is 1. The van der Waals surface area contributed by atoms with Crippen LogP contribution < -0.4 is 0 Å². The fourth-order valence-electron chi connectivity index (χ4n) is 2.08. The van der Waals surface area contributed by atoms with Gasteiger partial charge in [0.05, 0.1) is 11.0 Å². The van der Waals surface area contributed by atoms with Gasteiger partial charge < -0.3 is 4.98 Å². The Bertz CT molecular complexity index is 510. The summed E-state index contributed by atoms with van der Waals surface area (Å²) in [6.45, 7) is 2.25. The lowest BCUT2D eigenvalue weighted by molar-refractivity contribution is 0.627. The first-order chi connectivity index (χ1) is 9.29. The Balaban J connectivity index is 1.72. The van der Waals surface area contributed by atoms with Crippen LogP contribution in [-0.2, 0) is 0 Å². The number of benzene rings is 1. The minimum Gasteiger partial charge on any atom is -0.333 e. The van der Waals surface area contributed by atoms with Gasteiger partial charge in [-0.25, -0.2) is 4.98 Å². The van der Waals surface area contributed by atoms with E-state index in [2.05, 4.69) is 16.9 Å². The number of nitrogens with zero attached hydrogens (tertiary/aromatic N) is 1. The normalized spacial score (nSPS) is 11.3. The first kappa shape index (κ1) is 14.7. The molecule has 0 radical (unpaired) electrons. The van der Waals surface area contributed by atoms with Crippen LogP contribution in [-0.4, -0.2) is 15.7 Å². The van der Waals surface area contributed by atoms with E-state index in [-0.39, 0.29) is 0 Å². The van der Waals surface area contributed by atoms with Crippen molar-refractivity contribution in [3.8, 4) is 0 Å². The van der Waals surface area contributed by atoms with Gasteiger partial charge in [0.2, 0.25) is 0 Å². The molecule has 0 aliphatic heterocycles. The maximum Gasteiger partial charge on any atom is 0.166 e. The van der Waals surface area contributed by atoms with E-state index in [9.17, 15) is 0 Å². The van der Waals surface area contributed by atoms with Gasteiger partial charge in [-0.15, -0.1) is 0 Å². The standard InChI is InChI=1S/C15H21ClN2S/c1-2-3-4-5-6-7-10-19-15-17-13-9-8-12(16)11-14(13)18-15/h8-9,11H,2-7,10H2,1H3,(H,17,18). The molecule has 0 atom stereocenters. The van der Waals surface area contributed by atoms with Gasteiger partial charge in [0.25, 0.3) is 0 Å². The zero-order valence-electron chi connectivity index (χ0n) is 11.4. The molecule has 0 aliphatic carbocycles. The lowest BCUT2D eigenvalue weighted by atomic mass is 10.1. The summed E-state index contributed by atoms with van der Waals surface area (Å²) in [6.07, 6.45) is 8.04. The molecule has 0 saturated carbocycles. The zero-order chi connectivity index (χ0) is 13.5. The molecule has 0 saturated heterocycles. The van der Waals surface area contributed by atoms with Crippen molar-refractivity contribution < 1.29 is 0 Å². The number of nitrogens with one attached hydrogen (secondary N) is 1. The fraction of sp³-hybridized carbons (Fsp3) is 0.533. The maximum absolute atomic E-state index is 5.95. The molecule has 1 aromatic carbocycles. The number of aromatic nitrogens is 2. The Morgan fingerprint density at radius 3 is 2.79 bits per heavy atom. The second-order valence-corrected chi connectivity index (χ2v) is 6.34. The molecule has 0 amide bonds. The Kier molecular flexibility index (Phi) is 6.05. The fourth-order valence-corrected chi connectivity index (χ4v) is 3.13. The highest BCUT2D eigenvalue weighted by Crippen LogP contribution is 2.23. The monoisotopic (exact) mass is 296 g/mol. The number of aromatic amines is 1. The number of thioether (sulfide) groups is 1. The largest absolute Gasteiger partial charge is 0.333 e. The van der Waals surface area contributed by atoms with E-state index >= 15 is 0 Å². The molecule has 19 heavy (non-hydrogen) atoms. The van der Waals surface area contributed by atoms with Crippen LogP contribution in [0.15, 0.2) is 23.4 Å². The molecule has 0 spiro atoms. The number of H-pyrrole nitrogens is 1. The molecule has 4 heteroatoms. The molecule has 0 aliphatic rings. The van der Waals surface area contributed by atoms with Crippen LogP contribution in [0.2, 0.25) is 5.02 Å². The molecule has 2 rings (SSSR count). The summed E-state index contributed by atoms with van der Waals surface area (Å²) in [6, 6.07) is 5.78. The summed E-state index contributed by atoms with van der Waals surface area (Å²) < 4.78 is 0. The van der Waals surface area contributed by atoms with Crippen molar-refractivity contribution in [1.82, 2.24) is 9.97 Å². The van der Waals surface area contributed by atoms with Crippen molar-refractivity contribution in [3.63, 3.8) is 0 Å². The van der Waals surface area contributed by atoms with E-state index in [4.69, 9.17) is 11.6 Å². The van der Waals surface area contributed by atoms with Gasteiger partial charge in [-0.3, -0.25) is 0 Å². The molecule has 2 nitrogen and oxygen atoms in total. The van der Waals surface area contributed by atoms with Crippen molar-refractivity contribution in [2.75, 3.05) is 5.75 Å². The van der Waals surface area contributed by atoms with Crippen molar-refractivity contribution >= 4 is 34.4 Å². The third-order valence-electron chi connectivity index (χ3n) is 3.16. The molecule has 2 aromatic rings. The van der Waals surface area contributed by atoms with Crippen LogP contribution in [0.25, 0.3) is 11.0 Å². The second kappa shape index (κ2) is 7.81. The van der Waals surface area contributed by atoms with Crippen LogP contribution in [0.3, 0.4) is 0 Å². The number of hydrogen-bond donors (Lipinski definition) is 1. The van der Waals surface area contributed by atoms with Gasteiger partial charge >= 0.3 is 0 Å². The van der Waals surface area contributed by atoms with E-state index < -0.39 is 0 Å². The van der Waals surface area contributed by atoms with Crippen LogP contribution in [0, 0.1) is 0 Å². The number of rotatable bonds is 8. The topological polar surface area (TPSA) is 28.7 Å². The van der Waals surface area contributed by atoms with E-state index in [1.165, 1.54) is 38.5 Å². The predicted molar refractivity (Wildman–Crippen MR) is 85.2 cm³/mol. The highest BCUT2D eigenvalue weighted by atomic mass is 35.5. The number of imidazole rings is 1. The molecular formula is C15H21ClN2S. The van der Waals surface area contributed by atoms with Gasteiger partial charge in [-0.2, -0.15) is 0 Å². The minimum absolute atomic E-state index is 0.742. The Morgan fingerprint density at radius 1 is 1.16 bits per heavy atom. The maximum atomic E-state index is 5.95. The van der Waals surface area contributed by atoms with Crippen molar-refractivity contribution in [2.45, 2.75) is 50.6 Å². The third kappa shape index (κ3) is 4.73. The van der Waals surface area contributed by atoms with Crippen molar-refractivity contribution in [3.05, 3.63) is 23.2 Å². The Morgan fingerprint density at radius 2 is 1.95 bits per heavy atom. The quantitative estimate of drug-likeness (QED) is 0.502. The molecule has 104 valence electrons. The van der Waals surface area contributed by atoms with Crippen molar-refractivity contribution in [2.24, 2.45) is 0 Å². The third-order valence-corrected chi connectivity index (χ3v) is 4.35. The summed E-state index contributed by atoms with van der Waals surface area (Å²) in [5, 5.41) is 1.75. The van der Waals surface area contributed by atoms with Gasteiger partial charge in [-0.05, 0) is 24.6 Å². The summed E-state index contributed by atoms with van der Waals surface area (Å²) >= 11 is 7.76. The molecule has 0 unspecified atom stereocenters. The van der Waals surface area contributed by atoms with E-state index in [0.29, 0.717) is 0 Å². The average Bonchev–Trinajstić information content (AvgIpc) is 2.79. The summed E-state index contributed by atoms with van der Waals surface area (Å²) in [7, 11) is 0. The van der Waals surface area contributed by atoms with Crippen LogP contribution in [0.5, 0.6) is 0 Å². The number of unbranched alkanes of at least 4 members (excludes halogenated alkanes) is 5. The van der Waals surface area contributed by atoms with Crippen molar-refractivity contribution in [1.29, 1.82) is 0 Å². The van der Waals surface area contributed by atoms with E-state index in [1.54, 1.807) is 11.8 Å². The molecule has 1 aromatic heterocycles. The Labute approximate surface area is 124 Å². The molecule has 0 bridgehead atoms. The molecule has 0 fully saturated rings. The molecule has 1 heterocycles. The van der Waals surface area contributed by atoms with Gasteiger partial charge in [-0.1, -0.05) is 62.4 Å². The number of hydrogen-bond acceptors (Lipinski definition) is 2. The lowest BCUT2D eigenvalue weighted by Crippen LogP contribution is -1.83. The van der Waals surface area contributed by atoms with Gasteiger partial charge in [0, 0.05) is 10.8 Å². The van der Waals surface area contributed by atoms with Crippen LogP contribution in [0.4, 0.5) is 0 Å². The Hall–Kier alpha value is -0.670. The van der Waals surface area contributed by atoms with Gasteiger partial charge in [0.1, 0.15) is 0 Å². The average molecular weight is 297 g/mol. The SMILES string of the molecule is CCCCCCCCSc1nc2cc(Cl)ccc2[nH]1. The summed E-state index contributed by atoms with van der Waals surface area (Å²) in [4.78, 5) is 7.87. The molecule has 1 N–H and O–H groups in total.